The molecule has 0 bridgehead atoms. The summed E-state index contributed by atoms with van der Waals surface area (Å²) < 4.78 is 1.62. The monoisotopic (exact) mass is 311 g/mol. The maximum absolute atomic E-state index is 12.4. The molecule has 1 amide bonds. The van der Waals surface area contributed by atoms with E-state index in [4.69, 9.17) is 0 Å². The molecule has 0 atom stereocenters. The second kappa shape index (κ2) is 5.99. The molecule has 3 aromatic rings. The lowest BCUT2D eigenvalue weighted by Crippen LogP contribution is -2.26. The summed E-state index contributed by atoms with van der Waals surface area (Å²) in [6.45, 7) is 0.323. The van der Waals surface area contributed by atoms with Gasteiger partial charge in [-0.15, -0.1) is 0 Å². The zero-order valence-electron chi connectivity index (χ0n) is 13.2. The van der Waals surface area contributed by atoms with Crippen LogP contribution in [0, 0.1) is 0 Å². The molecular weight excluding hydrogens is 294 g/mol. The Hall–Kier alpha value is -3.03. The number of carbonyl (C=O) groups is 1. The van der Waals surface area contributed by atoms with E-state index in [1.807, 2.05) is 37.2 Å². The lowest BCUT2D eigenvalue weighted by atomic mass is 10.3. The van der Waals surface area contributed by atoms with Crippen molar-refractivity contribution in [2.45, 2.75) is 6.54 Å². The second-order valence-electron chi connectivity index (χ2n) is 5.27. The van der Waals surface area contributed by atoms with Crippen LogP contribution in [0.25, 0.3) is 11.0 Å². The number of amides is 1. The quantitative estimate of drug-likeness (QED) is 0.765. The summed E-state index contributed by atoms with van der Waals surface area (Å²) in [5.41, 5.74) is 1.39. The van der Waals surface area contributed by atoms with Gasteiger partial charge in [-0.2, -0.15) is 5.10 Å². The van der Waals surface area contributed by atoms with E-state index in [-0.39, 0.29) is 11.7 Å². The summed E-state index contributed by atoms with van der Waals surface area (Å²) in [6, 6.07) is 5.54. The summed E-state index contributed by atoms with van der Waals surface area (Å²) in [4.78, 5) is 27.0. The Kier molecular flexibility index (Phi) is 3.88. The van der Waals surface area contributed by atoms with E-state index in [9.17, 15) is 4.79 Å². The summed E-state index contributed by atoms with van der Waals surface area (Å²) >= 11 is 0. The first-order valence-electron chi connectivity index (χ1n) is 7.11. The van der Waals surface area contributed by atoms with Gasteiger partial charge in [-0.1, -0.05) is 6.07 Å². The summed E-state index contributed by atoms with van der Waals surface area (Å²) in [5, 5.41) is 7.77. The van der Waals surface area contributed by atoms with Crippen molar-refractivity contribution in [1.29, 1.82) is 0 Å². The van der Waals surface area contributed by atoms with Crippen LogP contribution in [-0.4, -0.2) is 44.7 Å². The number of rotatable bonds is 4. The fraction of sp³-hybridized carbons (Fsp3) is 0.267. The predicted molar refractivity (Wildman–Crippen MR) is 86.0 cm³/mol. The van der Waals surface area contributed by atoms with Crippen molar-refractivity contribution in [3.8, 4) is 0 Å². The van der Waals surface area contributed by atoms with Gasteiger partial charge in [0.15, 0.2) is 5.65 Å². The van der Waals surface area contributed by atoms with E-state index in [0.717, 1.165) is 11.1 Å². The second-order valence-corrected chi connectivity index (χ2v) is 5.27. The standard InChI is InChI=1S/C15H17N7O/c1-21(2)13-11-9-18-22(3)14(11)20-12(19-13)15(23)17-8-10-6-4-5-7-16-10/h4-7,9H,8H2,1-3H3,(H,17,23). The van der Waals surface area contributed by atoms with Crippen molar-refractivity contribution in [3.05, 3.63) is 42.1 Å². The number of pyridine rings is 1. The topological polar surface area (TPSA) is 88.8 Å². The molecule has 8 nitrogen and oxygen atoms in total. The van der Waals surface area contributed by atoms with Gasteiger partial charge >= 0.3 is 0 Å². The zero-order chi connectivity index (χ0) is 16.4. The van der Waals surface area contributed by atoms with Gasteiger partial charge in [-0.25, -0.2) is 9.97 Å². The molecule has 3 aromatic heterocycles. The fourth-order valence-electron chi connectivity index (χ4n) is 2.20. The van der Waals surface area contributed by atoms with Gasteiger partial charge in [0, 0.05) is 27.3 Å². The van der Waals surface area contributed by atoms with Crippen molar-refractivity contribution in [3.63, 3.8) is 0 Å². The van der Waals surface area contributed by atoms with Crippen LogP contribution in [0.2, 0.25) is 0 Å². The number of hydrogen-bond acceptors (Lipinski definition) is 6. The first kappa shape index (κ1) is 14.9. The molecule has 0 aromatic carbocycles. The third-order valence-electron chi connectivity index (χ3n) is 3.35. The van der Waals surface area contributed by atoms with Crippen LogP contribution >= 0.6 is 0 Å². The van der Waals surface area contributed by atoms with E-state index < -0.39 is 0 Å². The normalized spacial score (nSPS) is 10.7. The highest BCUT2D eigenvalue weighted by Gasteiger charge is 2.17. The van der Waals surface area contributed by atoms with Crippen molar-refractivity contribution >= 4 is 22.8 Å². The Morgan fingerprint density at radius 2 is 2.13 bits per heavy atom. The molecule has 0 unspecified atom stereocenters. The van der Waals surface area contributed by atoms with Crippen LogP contribution in [0.4, 0.5) is 5.82 Å². The molecule has 0 radical (unpaired) electrons. The minimum Gasteiger partial charge on any atom is -0.362 e. The molecular formula is C15H17N7O. The Morgan fingerprint density at radius 3 is 2.83 bits per heavy atom. The number of aromatic nitrogens is 5. The van der Waals surface area contributed by atoms with Crippen LogP contribution in [-0.2, 0) is 13.6 Å². The summed E-state index contributed by atoms with van der Waals surface area (Å²) in [5.74, 6) is 0.425. The highest BCUT2D eigenvalue weighted by Crippen LogP contribution is 2.21. The molecule has 8 heteroatoms. The smallest absolute Gasteiger partial charge is 0.289 e. The maximum Gasteiger partial charge on any atom is 0.289 e. The molecule has 0 aliphatic carbocycles. The minimum atomic E-state index is -0.346. The molecule has 0 aliphatic heterocycles. The largest absolute Gasteiger partial charge is 0.362 e. The van der Waals surface area contributed by atoms with E-state index >= 15 is 0 Å². The molecule has 0 aliphatic rings. The van der Waals surface area contributed by atoms with Crippen molar-refractivity contribution < 1.29 is 4.79 Å². The first-order valence-corrected chi connectivity index (χ1v) is 7.11. The zero-order valence-corrected chi connectivity index (χ0v) is 13.2. The molecule has 0 fully saturated rings. The van der Waals surface area contributed by atoms with E-state index in [0.29, 0.717) is 18.0 Å². The van der Waals surface area contributed by atoms with Gasteiger partial charge in [-0.05, 0) is 12.1 Å². The molecule has 3 rings (SSSR count). The highest BCUT2D eigenvalue weighted by atomic mass is 16.2. The number of fused-ring (bicyclic) bond motifs is 1. The van der Waals surface area contributed by atoms with Gasteiger partial charge in [0.2, 0.25) is 5.82 Å². The predicted octanol–water partition coefficient (Wildman–Crippen LogP) is 0.754. The lowest BCUT2D eigenvalue weighted by Gasteiger charge is -2.13. The summed E-state index contributed by atoms with van der Waals surface area (Å²) in [6.07, 6.45) is 3.38. The van der Waals surface area contributed by atoms with Crippen LogP contribution in [0.5, 0.6) is 0 Å². The van der Waals surface area contributed by atoms with Crippen LogP contribution < -0.4 is 10.2 Å². The van der Waals surface area contributed by atoms with Crippen molar-refractivity contribution in [2.24, 2.45) is 7.05 Å². The van der Waals surface area contributed by atoms with Crippen molar-refractivity contribution in [2.75, 3.05) is 19.0 Å². The number of carbonyl (C=O) groups excluding carboxylic acids is 1. The Labute approximate surface area is 133 Å². The third kappa shape index (κ3) is 2.96. The number of nitrogens with zero attached hydrogens (tertiary/aromatic N) is 6. The van der Waals surface area contributed by atoms with Crippen molar-refractivity contribution in [1.82, 2.24) is 30.0 Å². The minimum absolute atomic E-state index is 0.112. The molecule has 1 N–H and O–H groups in total. The number of aryl methyl sites for hydroxylation is 1. The summed E-state index contributed by atoms with van der Waals surface area (Å²) in [7, 11) is 5.51. The SMILES string of the molecule is CN(C)c1nc(C(=O)NCc2ccccn2)nc2c1cnn2C. The molecule has 3 heterocycles. The lowest BCUT2D eigenvalue weighted by molar-refractivity contribution is 0.0940. The molecule has 23 heavy (non-hydrogen) atoms. The Bertz CT molecular complexity index is 842. The van der Waals surface area contributed by atoms with Gasteiger partial charge in [0.05, 0.1) is 23.8 Å². The molecule has 0 saturated carbocycles. The maximum atomic E-state index is 12.4. The van der Waals surface area contributed by atoms with Crippen LogP contribution in [0.1, 0.15) is 16.3 Å². The fourth-order valence-corrected chi connectivity index (χ4v) is 2.20. The first-order chi connectivity index (χ1) is 11.1. The Balaban J connectivity index is 1.89. The van der Waals surface area contributed by atoms with Gasteiger partial charge in [0.25, 0.3) is 5.91 Å². The van der Waals surface area contributed by atoms with E-state index in [1.54, 1.807) is 24.1 Å². The Morgan fingerprint density at radius 1 is 1.30 bits per heavy atom. The molecule has 0 spiro atoms. The van der Waals surface area contributed by atoms with Gasteiger partial charge in [0.1, 0.15) is 5.82 Å². The molecule has 0 saturated heterocycles. The third-order valence-corrected chi connectivity index (χ3v) is 3.35. The van der Waals surface area contributed by atoms with E-state index in [1.165, 1.54) is 0 Å². The average Bonchev–Trinajstić information content (AvgIpc) is 2.94. The number of anilines is 1. The van der Waals surface area contributed by atoms with Gasteiger partial charge in [-0.3, -0.25) is 14.5 Å². The van der Waals surface area contributed by atoms with Crippen LogP contribution in [0.15, 0.2) is 30.6 Å². The van der Waals surface area contributed by atoms with E-state index in [2.05, 4.69) is 25.4 Å². The number of hydrogen-bond donors (Lipinski definition) is 1. The number of nitrogens with one attached hydrogen (secondary N) is 1. The highest BCUT2D eigenvalue weighted by molar-refractivity contribution is 5.95. The van der Waals surface area contributed by atoms with Crippen LogP contribution in [0.3, 0.4) is 0 Å². The molecule has 118 valence electrons. The average molecular weight is 311 g/mol. The van der Waals surface area contributed by atoms with Gasteiger partial charge < -0.3 is 10.2 Å².